The molecule has 3 atom stereocenters. The Morgan fingerprint density at radius 1 is 1.26 bits per heavy atom. The van der Waals surface area contributed by atoms with Crippen LogP contribution in [0.2, 0.25) is 0 Å². The van der Waals surface area contributed by atoms with E-state index in [0.717, 1.165) is 35.2 Å². The maximum Gasteiger partial charge on any atom is 0.137 e. The van der Waals surface area contributed by atoms with Crippen LogP contribution in [0.4, 0.5) is 11.5 Å². The molecule has 0 spiro atoms. The molecule has 5 heteroatoms. The molecule has 98 valence electrons. The summed E-state index contributed by atoms with van der Waals surface area (Å²) in [6, 6.07) is 6.10. The Bertz CT molecular complexity index is 630. The van der Waals surface area contributed by atoms with Gasteiger partial charge in [-0.25, -0.2) is 9.97 Å². The van der Waals surface area contributed by atoms with Crippen LogP contribution in [0.1, 0.15) is 19.3 Å². The maximum atomic E-state index is 5.86. The Morgan fingerprint density at radius 2 is 2.21 bits per heavy atom. The number of nitrogens with zero attached hydrogens (tertiary/aromatic N) is 2. The second kappa shape index (κ2) is 4.06. The number of aromatic nitrogens is 2. The fraction of sp³-hybridized carbons (Fsp3) is 0.429. The minimum atomic E-state index is 0.337. The van der Waals surface area contributed by atoms with Crippen molar-refractivity contribution in [2.45, 2.75) is 37.5 Å². The van der Waals surface area contributed by atoms with Crippen LogP contribution in [0, 0.1) is 0 Å². The first-order chi connectivity index (χ1) is 9.29. The lowest BCUT2D eigenvalue weighted by Gasteiger charge is -2.21. The van der Waals surface area contributed by atoms with Crippen molar-refractivity contribution in [1.82, 2.24) is 9.97 Å². The Labute approximate surface area is 111 Å². The zero-order valence-electron chi connectivity index (χ0n) is 10.5. The van der Waals surface area contributed by atoms with Gasteiger partial charge in [-0.2, -0.15) is 0 Å². The predicted molar refractivity (Wildman–Crippen MR) is 73.9 cm³/mol. The van der Waals surface area contributed by atoms with Crippen LogP contribution in [0.15, 0.2) is 24.5 Å². The van der Waals surface area contributed by atoms with E-state index in [4.69, 9.17) is 10.5 Å². The van der Waals surface area contributed by atoms with Crippen molar-refractivity contribution in [2.75, 3.05) is 11.1 Å². The number of hydrogen-bond acceptors (Lipinski definition) is 5. The molecule has 3 N–H and O–H groups in total. The van der Waals surface area contributed by atoms with Crippen molar-refractivity contribution in [3.8, 4) is 0 Å². The van der Waals surface area contributed by atoms with Crippen LogP contribution >= 0.6 is 0 Å². The predicted octanol–water partition coefficient (Wildman–Crippen LogP) is 1.94. The summed E-state index contributed by atoms with van der Waals surface area (Å²) in [5, 5.41) is 4.53. The van der Waals surface area contributed by atoms with E-state index in [2.05, 4.69) is 15.3 Å². The van der Waals surface area contributed by atoms with Crippen molar-refractivity contribution in [3.05, 3.63) is 24.5 Å². The second-order valence-electron chi connectivity index (χ2n) is 5.36. The molecule has 2 fully saturated rings. The normalized spacial score (nSPS) is 28.9. The highest BCUT2D eigenvalue weighted by atomic mass is 16.5. The van der Waals surface area contributed by atoms with Gasteiger partial charge in [0, 0.05) is 11.1 Å². The van der Waals surface area contributed by atoms with Gasteiger partial charge < -0.3 is 15.8 Å². The van der Waals surface area contributed by atoms with Crippen LogP contribution in [-0.2, 0) is 4.74 Å². The zero-order valence-corrected chi connectivity index (χ0v) is 10.5. The number of anilines is 2. The van der Waals surface area contributed by atoms with Crippen molar-refractivity contribution >= 4 is 22.4 Å². The lowest BCUT2D eigenvalue weighted by Crippen LogP contribution is -2.30. The zero-order chi connectivity index (χ0) is 12.8. The van der Waals surface area contributed by atoms with Gasteiger partial charge in [0.25, 0.3) is 0 Å². The topological polar surface area (TPSA) is 73.1 Å². The highest BCUT2D eigenvalue weighted by Crippen LogP contribution is 2.36. The average Bonchev–Trinajstić information content (AvgIpc) is 3.01. The lowest BCUT2D eigenvalue weighted by atomic mass is 9.95. The highest BCUT2D eigenvalue weighted by Gasteiger charge is 2.40. The molecule has 1 aromatic heterocycles. The van der Waals surface area contributed by atoms with Crippen LogP contribution < -0.4 is 11.1 Å². The summed E-state index contributed by atoms with van der Waals surface area (Å²) in [4.78, 5) is 8.63. The van der Waals surface area contributed by atoms with Crippen molar-refractivity contribution < 1.29 is 4.74 Å². The third-order valence-electron chi connectivity index (χ3n) is 4.09. The molecule has 2 saturated heterocycles. The van der Waals surface area contributed by atoms with Crippen LogP contribution in [0.5, 0.6) is 0 Å². The molecule has 0 saturated carbocycles. The van der Waals surface area contributed by atoms with E-state index in [0.29, 0.717) is 18.2 Å². The summed E-state index contributed by atoms with van der Waals surface area (Å²) in [5.41, 5.74) is 7.39. The molecule has 2 aliphatic rings. The largest absolute Gasteiger partial charge is 0.399 e. The monoisotopic (exact) mass is 256 g/mol. The van der Waals surface area contributed by atoms with E-state index in [1.54, 1.807) is 6.33 Å². The van der Waals surface area contributed by atoms with Gasteiger partial charge in [-0.15, -0.1) is 0 Å². The van der Waals surface area contributed by atoms with Crippen molar-refractivity contribution in [2.24, 2.45) is 0 Å². The highest BCUT2D eigenvalue weighted by molar-refractivity contribution is 5.90. The first-order valence-electron chi connectivity index (χ1n) is 6.72. The Hall–Kier alpha value is -1.88. The quantitative estimate of drug-likeness (QED) is 0.803. The van der Waals surface area contributed by atoms with Gasteiger partial charge in [-0.05, 0) is 37.5 Å². The summed E-state index contributed by atoms with van der Waals surface area (Å²) in [6.07, 6.45) is 5.78. The molecule has 2 aliphatic heterocycles. The lowest BCUT2D eigenvalue weighted by molar-refractivity contribution is 0.102. The van der Waals surface area contributed by atoms with E-state index < -0.39 is 0 Å². The van der Waals surface area contributed by atoms with Crippen LogP contribution in [0.3, 0.4) is 0 Å². The van der Waals surface area contributed by atoms with E-state index in [1.165, 1.54) is 6.42 Å². The van der Waals surface area contributed by atoms with Gasteiger partial charge in [0.1, 0.15) is 12.1 Å². The molecule has 19 heavy (non-hydrogen) atoms. The molecule has 1 aromatic carbocycles. The van der Waals surface area contributed by atoms with Gasteiger partial charge >= 0.3 is 0 Å². The first kappa shape index (κ1) is 11.0. The fourth-order valence-corrected chi connectivity index (χ4v) is 3.15. The molecule has 0 amide bonds. The number of rotatable bonds is 2. The number of benzene rings is 1. The summed E-state index contributed by atoms with van der Waals surface area (Å²) in [6.45, 7) is 0. The van der Waals surface area contributed by atoms with Gasteiger partial charge in [-0.3, -0.25) is 0 Å². The standard InChI is InChI=1S/C14H16N4O/c15-8-1-3-10-11(5-8)16-7-17-14(10)18-12-6-9-2-4-13(12)19-9/h1,3,5,7,9,12-13H,2,4,6,15H2,(H,16,17,18). The minimum Gasteiger partial charge on any atom is -0.399 e. The molecule has 5 nitrogen and oxygen atoms in total. The van der Waals surface area contributed by atoms with E-state index in [1.807, 2.05) is 18.2 Å². The SMILES string of the molecule is Nc1ccc2c(NC3CC4CCC3O4)ncnc2c1. The molecule has 4 rings (SSSR count). The van der Waals surface area contributed by atoms with Gasteiger partial charge in [0.2, 0.25) is 0 Å². The molecule has 2 aromatic rings. The summed E-state index contributed by atoms with van der Waals surface area (Å²) < 4.78 is 5.86. The van der Waals surface area contributed by atoms with Gasteiger partial charge in [0.05, 0.1) is 23.8 Å². The Morgan fingerprint density at radius 3 is 3.00 bits per heavy atom. The van der Waals surface area contributed by atoms with Gasteiger partial charge in [0.15, 0.2) is 0 Å². The molecule has 3 unspecified atom stereocenters. The van der Waals surface area contributed by atoms with Crippen molar-refractivity contribution in [3.63, 3.8) is 0 Å². The smallest absolute Gasteiger partial charge is 0.137 e. The van der Waals surface area contributed by atoms with Crippen LogP contribution in [0.25, 0.3) is 10.9 Å². The number of nitrogen functional groups attached to an aromatic ring is 1. The number of nitrogens with two attached hydrogens (primary N) is 1. The number of nitrogens with one attached hydrogen (secondary N) is 1. The van der Waals surface area contributed by atoms with Gasteiger partial charge in [-0.1, -0.05) is 0 Å². The average molecular weight is 256 g/mol. The fourth-order valence-electron chi connectivity index (χ4n) is 3.15. The van der Waals surface area contributed by atoms with E-state index >= 15 is 0 Å². The molecule has 2 bridgehead atoms. The van der Waals surface area contributed by atoms with Crippen LogP contribution in [-0.4, -0.2) is 28.2 Å². The minimum absolute atomic E-state index is 0.337. The second-order valence-corrected chi connectivity index (χ2v) is 5.36. The summed E-state index contributed by atoms with van der Waals surface area (Å²) >= 11 is 0. The van der Waals surface area contributed by atoms with Crippen molar-refractivity contribution in [1.29, 1.82) is 0 Å². The number of fused-ring (bicyclic) bond motifs is 3. The molecular weight excluding hydrogens is 240 g/mol. The van der Waals surface area contributed by atoms with E-state index in [-0.39, 0.29) is 0 Å². The molecular formula is C14H16N4O. The maximum absolute atomic E-state index is 5.86. The number of ether oxygens (including phenoxy) is 1. The molecule has 0 aliphatic carbocycles. The third-order valence-corrected chi connectivity index (χ3v) is 4.09. The van der Waals surface area contributed by atoms with E-state index in [9.17, 15) is 0 Å². The summed E-state index contributed by atoms with van der Waals surface area (Å²) in [7, 11) is 0. The Kier molecular flexibility index (Phi) is 2.35. The number of hydrogen-bond donors (Lipinski definition) is 2. The molecule has 3 heterocycles. The summed E-state index contributed by atoms with van der Waals surface area (Å²) in [5.74, 6) is 0.881. The Balaban J connectivity index is 1.67. The molecule has 0 radical (unpaired) electrons. The third kappa shape index (κ3) is 1.81. The first-order valence-corrected chi connectivity index (χ1v) is 6.72.